The molecular formula is C17H22N2O3S. The molecule has 23 heavy (non-hydrogen) atoms. The topological polar surface area (TPSA) is 51.7 Å². The van der Waals surface area contributed by atoms with Crippen molar-refractivity contribution >= 4 is 17.2 Å². The van der Waals surface area contributed by atoms with Gasteiger partial charge in [0.2, 0.25) is 5.91 Å². The third-order valence-electron chi connectivity index (χ3n) is 3.39. The third kappa shape index (κ3) is 5.42. The first-order valence-electron chi connectivity index (χ1n) is 7.50. The summed E-state index contributed by atoms with van der Waals surface area (Å²) in [6, 6.07) is 9.99. The lowest BCUT2D eigenvalue weighted by atomic mass is 10.2. The average Bonchev–Trinajstić information content (AvgIpc) is 3.04. The average molecular weight is 334 g/mol. The number of thiazole rings is 1. The van der Waals surface area contributed by atoms with Gasteiger partial charge in [0, 0.05) is 38.3 Å². The van der Waals surface area contributed by atoms with Gasteiger partial charge in [0.15, 0.2) is 0 Å². The lowest BCUT2D eigenvalue weighted by Gasteiger charge is -2.21. The number of nitrogens with zero attached hydrogens (tertiary/aromatic N) is 2. The van der Waals surface area contributed by atoms with E-state index in [-0.39, 0.29) is 5.91 Å². The Morgan fingerprint density at radius 3 is 2.39 bits per heavy atom. The molecule has 1 amide bonds. The molecule has 0 saturated carbocycles. The number of hydrogen-bond donors (Lipinski definition) is 0. The van der Waals surface area contributed by atoms with Crippen molar-refractivity contribution in [3.05, 3.63) is 41.4 Å². The molecule has 0 atom stereocenters. The van der Waals surface area contributed by atoms with Crippen LogP contribution in [0, 0.1) is 0 Å². The molecule has 124 valence electrons. The van der Waals surface area contributed by atoms with Gasteiger partial charge in [-0.05, 0) is 0 Å². The standard InChI is InChI=1S/C17H22N2O3S/c1-21-10-8-19(9-11-22-2)16(20)12-15-13-23-17(18-15)14-6-4-3-5-7-14/h3-7,13H,8-12H2,1-2H3. The molecule has 0 aliphatic heterocycles. The maximum Gasteiger partial charge on any atom is 0.228 e. The molecule has 0 radical (unpaired) electrons. The number of rotatable bonds is 9. The Labute approximate surface area is 140 Å². The van der Waals surface area contributed by atoms with Gasteiger partial charge < -0.3 is 14.4 Å². The van der Waals surface area contributed by atoms with Crippen molar-refractivity contribution in [2.45, 2.75) is 6.42 Å². The number of amides is 1. The molecule has 0 saturated heterocycles. The van der Waals surface area contributed by atoms with Crippen LogP contribution >= 0.6 is 11.3 Å². The molecular weight excluding hydrogens is 312 g/mol. The second-order valence-electron chi connectivity index (χ2n) is 5.05. The summed E-state index contributed by atoms with van der Waals surface area (Å²) in [5.74, 6) is 0.0454. The molecule has 2 aromatic rings. The highest BCUT2D eigenvalue weighted by molar-refractivity contribution is 7.13. The lowest BCUT2D eigenvalue weighted by molar-refractivity contribution is -0.131. The van der Waals surface area contributed by atoms with E-state index in [1.165, 1.54) is 0 Å². The van der Waals surface area contributed by atoms with Gasteiger partial charge in [0.1, 0.15) is 5.01 Å². The predicted molar refractivity (Wildman–Crippen MR) is 91.6 cm³/mol. The smallest absolute Gasteiger partial charge is 0.228 e. The quantitative estimate of drug-likeness (QED) is 0.707. The maximum atomic E-state index is 12.4. The van der Waals surface area contributed by atoms with Gasteiger partial charge >= 0.3 is 0 Å². The van der Waals surface area contributed by atoms with Crippen molar-refractivity contribution < 1.29 is 14.3 Å². The third-order valence-corrected chi connectivity index (χ3v) is 4.33. The Kier molecular flexibility index (Phi) is 7.19. The molecule has 6 heteroatoms. The van der Waals surface area contributed by atoms with E-state index in [0.717, 1.165) is 16.3 Å². The summed E-state index contributed by atoms with van der Waals surface area (Å²) in [6.07, 6.45) is 0.302. The van der Waals surface area contributed by atoms with Crippen LogP contribution in [0.3, 0.4) is 0 Å². The fourth-order valence-electron chi connectivity index (χ4n) is 2.13. The van der Waals surface area contributed by atoms with E-state index >= 15 is 0 Å². The molecule has 2 rings (SSSR count). The van der Waals surface area contributed by atoms with Crippen molar-refractivity contribution in [2.24, 2.45) is 0 Å². The fraction of sp³-hybridized carbons (Fsp3) is 0.412. The van der Waals surface area contributed by atoms with E-state index in [1.54, 1.807) is 30.5 Å². The van der Waals surface area contributed by atoms with Gasteiger partial charge in [-0.25, -0.2) is 4.98 Å². The summed E-state index contributed by atoms with van der Waals surface area (Å²) >= 11 is 1.56. The maximum absolute atomic E-state index is 12.4. The SMILES string of the molecule is COCCN(CCOC)C(=O)Cc1csc(-c2ccccc2)n1. The number of hydrogen-bond acceptors (Lipinski definition) is 5. The number of aromatic nitrogens is 1. The fourth-order valence-corrected chi connectivity index (χ4v) is 2.96. The zero-order chi connectivity index (χ0) is 16.5. The van der Waals surface area contributed by atoms with Gasteiger partial charge in [0.05, 0.1) is 25.3 Å². The minimum Gasteiger partial charge on any atom is -0.383 e. The summed E-state index contributed by atoms with van der Waals surface area (Å²) in [4.78, 5) is 18.8. The monoisotopic (exact) mass is 334 g/mol. The molecule has 0 fully saturated rings. The number of carbonyl (C=O) groups excluding carboxylic acids is 1. The van der Waals surface area contributed by atoms with Gasteiger partial charge in [0.25, 0.3) is 0 Å². The first-order valence-corrected chi connectivity index (χ1v) is 8.38. The van der Waals surface area contributed by atoms with E-state index in [0.29, 0.717) is 32.7 Å². The highest BCUT2D eigenvalue weighted by Gasteiger charge is 2.15. The molecule has 0 unspecified atom stereocenters. The summed E-state index contributed by atoms with van der Waals surface area (Å²) < 4.78 is 10.1. The molecule has 0 spiro atoms. The van der Waals surface area contributed by atoms with E-state index in [1.807, 2.05) is 35.7 Å². The van der Waals surface area contributed by atoms with Crippen LogP contribution in [0.1, 0.15) is 5.69 Å². The molecule has 0 N–H and O–H groups in total. The van der Waals surface area contributed by atoms with Gasteiger partial charge in [-0.2, -0.15) is 0 Å². The van der Waals surface area contributed by atoms with Crippen molar-refractivity contribution in [3.63, 3.8) is 0 Å². The number of carbonyl (C=O) groups is 1. The van der Waals surface area contributed by atoms with Crippen LogP contribution in [0.25, 0.3) is 10.6 Å². The summed E-state index contributed by atoms with van der Waals surface area (Å²) in [7, 11) is 3.26. The molecule has 0 aliphatic carbocycles. The summed E-state index contributed by atoms with van der Waals surface area (Å²) in [5.41, 5.74) is 1.88. The summed E-state index contributed by atoms with van der Waals surface area (Å²) in [6.45, 7) is 2.16. The van der Waals surface area contributed by atoms with E-state index in [4.69, 9.17) is 9.47 Å². The molecule has 0 bridgehead atoms. The van der Waals surface area contributed by atoms with Crippen LogP contribution in [0.4, 0.5) is 0 Å². The van der Waals surface area contributed by atoms with Crippen LogP contribution in [0.5, 0.6) is 0 Å². The van der Waals surface area contributed by atoms with Crippen LogP contribution in [-0.4, -0.2) is 56.3 Å². The minimum absolute atomic E-state index is 0.0454. The Balaban J connectivity index is 1.99. The molecule has 1 aromatic heterocycles. The van der Waals surface area contributed by atoms with Gasteiger partial charge in [-0.15, -0.1) is 11.3 Å². The molecule has 0 aliphatic rings. The zero-order valence-corrected chi connectivity index (χ0v) is 14.3. The van der Waals surface area contributed by atoms with Crippen LogP contribution in [0.2, 0.25) is 0 Å². The second-order valence-corrected chi connectivity index (χ2v) is 5.91. The van der Waals surface area contributed by atoms with Crippen molar-refractivity contribution in [1.29, 1.82) is 0 Å². The van der Waals surface area contributed by atoms with Crippen LogP contribution < -0.4 is 0 Å². The molecule has 1 heterocycles. The minimum atomic E-state index is 0.0454. The number of benzene rings is 1. The lowest BCUT2D eigenvalue weighted by Crippen LogP contribution is -2.37. The summed E-state index contributed by atoms with van der Waals surface area (Å²) in [5, 5.41) is 2.89. The Morgan fingerprint density at radius 1 is 1.13 bits per heavy atom. The van der Waals surface area contributed by atoms with Gasteiger partial charge in [-0.3, -0.25) is 4.79 Å². The van der Waals surface area contributed by atoms with Crippen LogP contribution in [-0.2, 0) is 20.7 Å². The highest BCUT2D eigenvalue weighted by Crippen LogP contribution is 2.23. The molecule has 5 nitrogen and oxygen atoms in total. The second kappa shape index (κ2) is 9.39. The van der Waals surface area contributed by atoms with E-state index in [9.17, 15) is 4.79 Å². The zero-order valence-electron chi connectivity index (χ0n) is 13.5. The van der Waals surface area contributed by atoms with E-state index in [2.05, 4.69) is 4.98 Å². The Bertz CT molecular complexity index is 593. The Hall–Kier alpha value is -1.76. The van der Waals surface area contributed by atoms with Crippen molar-refractivity contribution in [1.82, 2.24) is 9.88 Å². The highest BCUT2D eigenvalue weighted by atomic mass is 32.1. The first kappa shape index (κ1) is 17.6. The van der Waals surface area contributed by atoms with Crippen molar-refractivity contribution in [3.8, 4) is 10.6 Å². The van der Waals surface area contributed by atoms with Gasteiger partial charge in [-0.1, -0.05) is 30.3 Å². The normalized spacial score (nSPS) is 10.7. The predicted octanol–water partition coefficient (Wildman–Crippen LogP) is 2.47. The first-order chi connectivity index (χ1) is 11.2. The van der Waals surface area contributed by atoms with Crippen LogP contribution in [0.15, 0.2) is 35.7 Å². The van der Waals surface area contributed by atoms with E-state index < -0.39 is 0 Å². The Morgan fingerprint density at radius 2 is 1.78 bits per heavy atom. The number of methoxy groups -OCH3 is 2. The number of ether oxygens (including phenoxy) is 2. The van der Waals surface area contributed by atoms with Crippen molar-refractivity contribution in [2.75, 3.05) is 40.5 Å². The largest absolute Gasteiger partial charge is 0.383 e. The molecule has 1 aromatic carbocycles.